The molecule has 0 unspecified atom stereocenters. The Morgan fingerprint density at radius 2 is 2.07 bits per heavy atom. The lowest BCUT2D eigenvalue weighted by Crippen LogP contribution is -2.02. The van der Waals surface area contributed by atoms with E-state index in [1.165, 1.54) is 13.2 Å². The van der Waals surface area contributed by atoms with Crippen molar-refractivity contribution in [3.05, 3.63) is 41.6 Å². The summed E-state index contributed by atoms with van der Waals surface area (Å²) in [5, 5.41) is 3.14. The minimum atomic E-state index is -0.353. The summed E-state index contributed by atoms with van der Waals surface area (Å²) in [6.45, 7) is 3.83. The molecule has 0 aromatic heterocycles. The van der Waals surface area contributed by atoms with E-state index in [1.807, 2.05) is 38.1 Å². The Balaban J connectivity index is 2.74. The number of para-hydroxylation sites is 1. The number of benzene rings is 1. The molecule has 0 saturated carbocycles. The monoisotopic (exact) mass is 205 g/mol. The molecule has 1 rings (SSSR count). The van der Waals surface area contributed by atoms with Crippen LogP contribution in [0.15, 0.2) is 36.0 Å². The van der Waals surface area contributed by atoms with Gasteiger partial charge in [0.25, 0.3) is 0 Å². The lowest BCUT2D eigenvalue weighted by atomic mass is 10.2. The number of carbonyl (C=O) groups excluding carboxylic acids is 1. The summed E-state index contributed by atoms with van der Waals surface area (Å²) in [4.78, 5) is 11.0. The van der Waals surface area contributed by atoms with Crippen LogP contribution in [0, 0.1) is 6.92 Å². The van der Waals surface area contributed by atoms with Crippen LogP contribution < -0.4 is 5.32 Å². The summed E-state index contributed by atoms with van der Waals surface area (Å²) in [6.07, 6.45) is 1.42. The Bertz CT molecular complexity index is 383. The molecule has 0 spiro atoms. The average Bonchev–Trinajstić information content (AvgIpc) is 2.21. The molecule has 0 amide bonds. The normalized spacial score (nSPS) is 11.0. The standard InChI is InChI=1S/C12H15NO2/c1-9-6-4-5-7-11(9)13-10(2)8-12(14)15-3/h4-8,13H,1-3H3/b10-8-. The molecule has 1 N–H and O–H groups in total. The van der Waals surface area contributed by atoms with Gasteiger partial charge in [0, 0.05) is 17.5 Å². The molecule has 0 aliphatic carbocycles. The Labute approximate surface area is 89.8 Å². The first-order chi connectivity index (χ1) is 7.13. The van der Waals surface area contributed by atoms with Crippen molar-refractivity contribution in [3.63, 3.8) is 0 Å². The van der Waals surface area contributed by atoms with Gasteiger partial charge in [-0.1, -0.05) is 18.2 Å². The predicted octanol–water partition coefficient (Wildman–Crippen LogP) is 2.48. The zero-order chi connectivity index (χ0) is 11.3. The van der Waals surface area contributed by atoms with Crippen LogP contribution in [0.4, 0.5) is 5.69 Å². The van der Waals surface area contributed by atoms with Crippen molar-refractivity contribution in [1.29, 1.82) is 0 Å². The summed E-state index contributed by atoms with van der Waals surface area (Å²) < 4.78 is 4.53. The highest BCUT2D eigenvalue weighted by atomic mass is 16.5. The van der Waals surface area contributed by atoms with Gasteiger partial charge < -0.3 is 10.1 Å². The largest absolute Gasteiger partial charge is 0.466 e. The number of anilines is 1. The quantitative estimate of drug-likeness (QED) is 0.608. The van der Waals surface area contributed by atoms with E-state index in [9.17, 15) is 4.79 Å². The minimum absolute atomic E-state index is 0.353. The van der Waals surface area contributed by atoms with Crippen molar-refractivity contribution >= 4 is 11.7 Å². The molecule has 0 heterocycles. The SMILES string of the molecule is COC(=O)/C=C(/C)Nc1ccccc1C. The number of hydrogen-bond donors (Lipinski definition) is 1. The average molecular weight is 205 g/mol. The number of allylic oxidation sites excluding steroid dienone is 1. The zero-order valence-electron chi connectivity index (χ0n) is 9.20. The molecule has 0 radical (unpaired) electrons. The van der Waals surface area contributed by atoms with Crippen LogP contribution in [0.1, 0.15) is 12.5 Å². The number of rotatable bonds is 3. The third kappa shape index (κ3) is 3.46. The zero-order valence-corrected chi connectivity index (χ0v) is 9.20. The van der Waals surface area contributed by atoms with Crippen molar-refractivity contribution in [2.45, 2.75) is 13.8 Å². The molecule has 1 aromatic carbocycles. The molecule has 3 nitrogen and oxygen atoms in total. The van der Waals surface area contributed by atoms with E-state index >= 15 is 0 Å². The molecule has 0 aliphatic rings. The molecule has 1 aromatic rings. The summed E-state index contributed by atoms with van der Waals surface area (Å²) in [7, 11) is 1.36. The number of esters is 1. The van der Waals surface area contributed by atoms with E-state index in [2.05, 4.69) is 10.1 Å². The maximum atomic E-state index is 11.0. The van der Waals surface area contributed by atoms with Crippen LogP contribution >= 0.6 is 0 Å². The predicted molar refractivity (Wildman–Crippen MR) is 60.6 cm³/mol. The molecule has 0 saturated heterocycles. The lowest BCUT2D eigenvalue weighted by molar-refractivity contribution is -0.134. The van der Waals surface area contributed by atoms with Crippen LogP contribution in [0.2, 0.25) is 0 Å². The highest BCUT2D eigenvalue weighted by molar-refractivity contribution is 5.83. The molecule has 15 heavy (non-hydrogen) atoms. The first kappa shape index (κ1) is 11.3. The van der Waals surface area contributed by atoms with Gasteiger partial charge in [0.2, 0.25) is 0 Å². The molecule has 80 valence electrons. The van der Waals surface area contributed by atoms with Crippen LogP contribution in [-0.4, -0.2) is 13.1 Å². The van der Waals surface area contributed by atoms with Gasteiger partial charge in [-0.25, -0.2) is 4.79 Å². The van der Waals surface area contributed by atoms with E-state index in [0.29, 0.717) is 0 Å². The van der Waals surface area contributed by atoms with Gasteiger partial charge in [-0.2, -0.15) is 0 Å². The summed E-state index contributed by atoms with van der Waals surface area (Å²) in [5.74, 6) is -0.353. The van der Waals surface area contributed by atoms with Gasteiger partial charge in [0.15, 0.2) is 0 Å². The Morgan fingerprint density at radius 3 is 2.67 bits per heavy atom. The van der Waals surface area contributed by atoms with Gasteiger partial charge in [0.05, 0.1) is 7.11 Å². The summed E-state index contributed by atoms with van der Waals surface area (Å²) in [5.41, 5.74) is 2.89. The van der Waals surface area contributed by atoms with Crippen LogP contribution in [-0.2, 0) is 9.53 Å². The third-order valence-electron chi connectivity index (χ3n) is 2.01. The number of hydrogen-bond acceptors (Lipinski definition) is 3. The minimum Gasteiger partial charge on any atom is -0.466 e. The van der Waals surface area contributed by atoms with E-state index in [0.717, 1.165) is 16.9 Å². The molecular weight excluding hydrogens is 190 g/mol. The Morgan fingerprint density at radius 1 is 1.40 bits per heavy atom. The molecular formula is C12H15NO2. The fourth-order valence-corrected chi connectivity index (χ4v) is 1.20. The van der Waals surface area contributed by atoms with Gasteiger partial charge >= 0.3 is 5.97 Å². The topological polar surface area (TPSA) is 38.3 Å². The van der Waals surface area contributed by atoms with E-state index < -0.39 is 0 Å². The van der Waals surface area contributed by atoms with Gasteiger partial charge in [-0.15, -0.1) is 0 Å². The number of ether oxygens (including phenoxy) is 1. The van der Waals surface area contributed by atoms with E-state index in [-0.39, 0.29) is 5.97 Å². The van der Waals surface area contributed by atoms with Crippen molar-refractivity contribution < 1.29 is 9.53 Å². The highest BCUT2D eigenvalue weighted by Gasteiger charge is 1.99. The number of methoxy groups -OCH3 is 1. The molecule has 0 atom stereocenters. The highest BCUT2D eigenvalue weighted by Crippen LogP contribution is 2.15. The van der Waals surface area contributed by atoms with Crippen molar-refractivity contribution in [2.75, 3.05) is 12.4 Å². The maximum absolute atomic E-state index is 11.0. The van der Waals surface area contributed by atoms with Gasteiger partial charge in [-0.05, 0) is 25.5 Å². The lowest BCUT2D eigenvalue weighted by Gasteiger charge is -2.08. The molecule has 0 bridgehead atoms. The van der Waals surface area contributed by atoms with Crippen LogP contribution in [0.5, 0.6) is 0 Å². The molecule has 0 fully saturated rings. The smallest absolute Gasteiger partial charge is 0.332 e. The van der Waals surface area contributed by atoms with Crippen LogP contribution in [0.3, 0.4) is 0 Å². The number of nitrogens with one attached hydrogen (secondary N) is 1. The second kappa shape index (κ2) is 5.20. The molecule has 0 aliphatic heterocycles. The third-order valence-corrected chi connectivity index (χ3v) is 2.01. The summed E-state index contributed by atoms with van der Waals surface area (Å²) in [6, 6.07) is 7.89. The van der Waals surface area contributed by atoms with Gasteiger partial charge in [-0.3, -0.25) is 0 Å². The second-order valence-corrected chi connectivity index (χ2v) is 3.29. The summed E-state index contributed by atoms with van der Waals surface area (Å²) >= 11 is 0. The second-order valence-electron chi connectivity index (χ2n) is 3.29. The van der Waals surface area contributed by atoms with E-state index in [1.54, 1.807) is 0 Å². The Kier molecular flexibility index (Phi) is 3.92. The van der Waals surface area contributed by atoms with Crippen LogP contribution in [0.25, 0.3) is 0 Å². The number of aryl methyl sites for hydroxylation is 1. The van der Waals surface area contributed by atoms with Gasteiger partial charge in [0.1, 0.15) is 0 Å². The van der Waals surface area contributed by atoms with E-state index in [4.69, 9.17) is 0 Å². The fourth-order valence-electron chi connectivity index (χ4n) is 1.20. The molecule has 3 heteroatoms. The van der Waals surface area contributed by atoms with Crippen molar-refractivity contribution in [1.82, 2.24) is 0 Å². The van der Waals surface area contributed by atoms with Crippen molar-refractivity contribution in [3.8, 4) is 0 Å². The first-order valence-electron chi connectivity index (χ1n) is 4.72. The van der Waals surface area contributed by atoms with Crippen molar-refractivity contribution in [2.24, 2.45) is 0 Å². The maximum Gasteiger partial charge on any atom is 0.332 e. The number of carbonyl (C=O) groups is 1. The first-order valence-corrected chi connectivity index (χ1v) is 4.72. The Hall–Kier alpha value is -1.77. The fraction of sp³-hybridized carbons (Fsp3) is 0.250.